The van der Waals surface area contributed by atoms with Crippen LogP contribution in [-0.4, -0.2) is 0 Å². The molecule has 0 saturated heterocycles. The van der Waals surface area contributed by atoms with Crippen LogP contribution in [0.3, 0.4) is 0 Å². The molecule has 0 radical (unpaired) electrons. The third-order valence-electron chi connectivity index (χ3n) is 9.99. The summed E-state index contributed by atoms with van der Waals surface area (Å²) in [5, 5.41) is 0.466. The zero-order valence-corrected chi connectivity index (χ0v) is 41.1. The smallest absolute Gasteiger partial charge is 0.162 e. The average molecular weight is 936 g/mol. The maximum absolute atomic E-state index is 12.9. The maximum atomic E-state index is 12.9. The molecule has 0 unspecified atom stereocenters. The van der Waals surface area contributed by atoms with E-state index < -0.39 is 11.6 Å². The Labute approximate surface area is 405 Å². The fourth-order valence-corrected chi connectivity index (χ4v) is 6.32. The van der Waals surface area contributed by atoms with Crippen molar-refractivity contribution in [3.63, 3.8) is 0 Å². The molecule has 6 rings (SSSR count). The summed E-state index contributed by atoms with van der Waals surface area (Å²) in [5.41, 5.74) is 9.52. The van der Waals surface area contributed by atoms with E-state index >= 15 is 0 Å². The minimum absolute atomic E-state index is 0. The van der Waals surface area contributed by atoms with E-state index in [1.807, 2.05) is 59.7 Å². The second-order valence-corrected chi connectivity index (χ2v) is 18.1. The van der Waals surface area contributed by atoms with Crippen LogP contribution >= 0.6 is 11.6 Å². The predicted octanol–water partition coefficient (Wildman–Crippen LogP) is 21.0. The Hall–Kier alpha value is -4.74. The molecule has 6 aromatic carbocycles. The lowest BCUT2D eigenvalue weighted by atomic mass is 9.98. The number of rotatable bonds is 6. The van der Waals surface area contributed by atoms with Gasteiger partial charge in [0.15, 0.2) is 11.6 Å². The first-order chi connectivity index (χ1) is 29.4. The van der Waals surface area contributed by atoms with E-state index in [1.54, 1.807) is 30.3 Å². The Balaban J connectivity index is -0.000000716. The van der Waals surface area contributed by atoms with Crippen LogP contribution in [0, 0.1) is 49.9 Å². The van der Waals surface area contributed by atoms with Crippen molar-refractivity contribution in [1.82, 2.24) is 0 Å². The molecular formula is C60H84ClF5. The second-order valence-electron chi connectivity index (χ2n) is 17.6. The zero-order valence-electron chi connectivity index (χ0n) is 40.4. The lowest BCUT2D eigenvalue weighted by Gasteiger charge is -2.08. The highest BCUT2D eigenvalue weighted by Crippen LogP contribution is 2.23. The Kier molecular flexibility index (Phi) is 33.4. The van der Waals surface area contributed by atoms with E-state index in [9.17, 15) is 22.0 Å². The van der Waals surface area contributed by atoms with Crippen LogP contribution in [-0.2, 0) is 0 Å². The molecule has 0 atom stereocenters. The van der Waals surface area contributed by atoms with Crippen molar-refractivity contribution in [3.05, 3.63) is 212 Å². The van der Waals surface area contributed by atoms with Gasteiger partial charge in [-0.05, 0) is 143 Å². The van der Waals surface area contributed by atoms with Crippen LogP contribution in [0.1, 0.15) is 191 Å². The van der Waals surface area contributed by atoms with Crippen LogP contribution < -0.4 is 0 Å². The summed E-state index contributed by atoms with van der Waals surface area (Å²) in [6.45, 7) is 30.7. The molecule has 0 heterocycles. The van der Waals surface area contributed by atoms with Crippen molar-refractivity contribution >= 4 is 11.6 Å². The standard InChI is InChI=1S/2C10H13F.C10H14.C9H10ClF.C9H10F2.C9H12.3CH4/c1-7(2)9-4-8(3)5-10(11)6-9;1-7(2)9-5-4-6-10(11)8(9)3;1-8(2)10-6-4-5-9(3)7-10;1-6(2)7-3-8(10)5-9(11)4-7;1-6(2)7-4-3-5-8(10)9(7)11;1-8(2)9-6-4-3-5-7-9;;;/h2*4-7H,1-3H3;4-8H,1-3H3;2*3-6H,1-2H3;3-8H,1-2H3;3*1H4. The van der Waals surface area contributed by atoms with Gasteiger partial charge in [0.25, 0.3) is 0 Å². The molecule has 0 bridgehead atoms. The van der Waals surface area contributed by atoms with Gasteiger partial charge >= 0.3 is 0 Å². The first kappa shape index (κ1) is 65.5. The van der Waals surface area contributed by atoms with Crippen LogP contribution in [0.15, 0.2) is 127 Å². The molecule has 366 valence electrons. The van der Waals surface area contributed by atoms with Gasteiger partial charge in [0, 0.05) is 5.02 Å². The van der Waals surface area contributed by atoms with E-state index in [4.69, 9.17) is 11.6 Å². The van der Waals surface area contributed by atoms with Crippen LogP contribution in [0.25, 0.3) is 0 Å². The van der Waals surface area contributed by atoms with Gasteiger partial charge in [0.2, 0.25) is 0 Å². The van der Waals surface area contributed by atoms with Crippen molar-refractivity contribution in [1.29, 1.82) is 0 Å². The first-order valence-electron chi connectivity index (χ1n) is 22.0. The minimum Gasteiger partial charge on any atom is -0.207 e. The van der Waals surface area contributed by atoms with Crippen LogP contribution in [0.2, 0.25) is 5.02 Å². The van der Waals surface area contributed by atoms with Crippen molar-refractivity contribution < 1.29 is 22.0 Å². The molecule has 6 heteroatoms. The number of benzene rings is 6. The molecule has 0 spiro atoms. The normalized spacial score (nSPS) is 10.0. The van der Waals surface area contributed by atoms with Crippen molar-refractivity contribution in [3.8, 4) is 0 Å². The number of aryl methyl sites for hydroxylation is 2. The Morgan fingerprint density at radius 2 is 0.758 bits per heavy atom. The van der Waals surface area contributed by atoms with Gasteiger partial charge in [0.05, 0.1) is 0 Å². The fraction of sp³-hybridized carbons (Fsp3) is 0.400. The zero-order chi connectivity index (χ0) is 48.0. The molecule has 0 aromatic heterocycles. The minimum atomic E-state index is -0.767. The molecule has 0 N–H and O–H groups in total. The highest BCUT2D eigenvalue weighted by molar-refractivity contribution is 6.30. The molecule has 0 saturated carbocycles. The fourth-order valence-electron chi connectivity index (χ4n) is 6.09. The van der Waals surface area contributed by atoms with Gasteiger partial charge in [-0.2, -0.15) is 0 Å². The highest BCUT2D eigenvalue weighted by atomic mass is 35.5. The lowest BCUT2D eigenvalue weighted by Crippen LogP contribution is -1.95. The predicted molar refractivity (Wildman–Crippen MR) is 282 cm³/mol. The number of halogens is 6. The van der Waals surface area contributed by atoms with E-state index in [0.717, 1.165) is 33.9 Å². The summed E-state index contributed by atoms with van der Waals surface area (Å²) in [5.74, 6) is 0.500. The molecule has 0 aliphatic rings. The number of hydrogen-bond donors (Lipinski definition) is 0. The lowest BCUT2D eigenvalue weighted by molar-refractivity contribution is 0.494. The monoisotopic (exact) mass is 935 g/mol. The highest BCUT2D eigenvalue weighted by Gasteiger charge is 2.10. The molecule has 0 nitrogen and oxygen atoms in total. The maximum Gasteiger partial charge on any atom is 0.162 e. The quantitative estimate of drug-likeness (QED) is 0.146. The van der Waals surface area contributed by atoms with Gasteiger partial charge in [-0.15, -0.1) is 0 Å². The summed E-state index contributed by atoms with van der Waals surface area (Å²) >= 11 is 5.65. The molecule has 0 aliphatic carbocycles. The Bertz CT molecular complexity index is 2050. The van der Waals surface area contributed by atoms with E-state index in [1.165, 1.54) is 41.0 Å². The molecule has 0 fully saturated rings. The summed E-state index contributed by atoms with van der Waals surface area (Å²) in [7, 11) is 0. The third kappa shape index (κ3) is 25.2. The molecule has 66 heavy (non-hydrogen) atoms. The van der Waals surface area contributed by atoms with Crippen molar-refractivity contribution in [2.45, 2.75) is 162 Å². The summed E-state index contributed by atoms with van der Waals surface area (Å²) in [6, 6.07) is 38.4. The third-order valence-corrected chi connectivity index (χ3v) is 10.2. The summed E-state index contributed by atoms with van der Waals surface area (Å²) in [6.07, 6.45) is 0. The largest absolute Gasteiger partial charge is 0.207 e. The molecule has 0 amide bonds. The molecule has 0 aliphatic heterocycles. The van der Waals surface area contributed by atoms with Crippen LogP contribution in [0.4, 0.5) is 22.0 Å². The van der Waals surface area contributed by atoms with E-state index in [2.05, 4.69) is 111 Å². The van der Waals surface area contributed by atoms with Gasteiger partial charge in [0.1, 0.15) is 17.5 Å². The molecular weight excluding hydrogens is 851 g/mol. The van der Waals surface area contributed by atoms with E-state index in [-0.39, 0.29) is 45.6 Å². The Morgan fingerprint density at radius 1 is 0.348 bits per heavy atom. The topological polar surface area (TPSA) is 0 Å². The first-order valence-corrected chi connectivity index (χ1v) is 22.4. The average Bonchev–Trinajstić information content (AvgIpc) is 3.20. The number of hydrogen-bond acceptors (Lipinski definition) is 0. The SMILES string of the molecule is C.C.C.CC(C)c1cc(F)cc(Cl)c1.CC(C)c1cccc(F)c1F.CC(C)c1ccccc1.Cc1c(F)cccc1C(C)C.Cc1cc(F)cc(C(C)C)c1.Cc1cccc(C(C)C)c1. The summed E-state index contributed by atoms with van der Waals surface area (Å²) < 4.78 is 63.9. The Morgan fingerprint density at radius 3 is 1.14 bits per heavy atom. The molecule has 6 aromatic rings. The van der Waals surface area contributed by atoms with E-state index in [0.29, 0.717) is 40.2 Å². The van der Waals surface area contributed by atoms with Crippen molar-refractivity contribution in [2.24, 2.45) is 0 Å². The van der Waals surface area contributed by atoms with Gasteiger partial charge in [-0.25, -0.2) is 22.0 Å². The van der Waals surface area contributed by atoms with Gasteiger partial charge in [-0.1, -0.05) is 207 Å². The van der Waals surface area contributed by atoms with Crippen molar-refractivity contribution in [2.75, 3.05) is 0 Å². The summed E-state index contributed by atoms with van der Waals surface area (Å²) in [4.78, 5) is 0. The second kappa shape index (κ2) is 33.7. The van der Waals surface area contributed by atoms with Crippen LogP contribution in [0.5, 0.6) is 0 Å². The van der Waals surface area contributed by atoms with Gasteiger partial charge in [-0.3, -0.25) is 0 Å². The van der Waals surface area contributed by atoms with Gasteiger partial charge < -0.3 is 0 Å².